The smallest absolute Gasteiger partial charge is 0.0205 e. The summed E-state index contributed by atoms with van der Waals surface area (Å²) in [6.07, 6.45) is 6.65. The zero-order chi connectivity index (χ0) is 15.6. The van der Waals surface area contributed by atoms with Gasteiger partial charge < -0.3 is 5.32 Å². The van der Waals surface area contributed by atoms with Crippen LogP contribution in [0.15, 0.2) is 67.3 Å². The van der Waals surface area contributed by atoms with Gasteiger partial charge in [-0.1, -0.05) is 95.0 Å². The molecule has 1 heteroatoms. The van der Waals surface area contributed by atoms with Crippen molar-refractivity contribution < 1.29 is 0 Å². The highest BCUT2D eigenvalue weighted by Gasteiger charge is 1.91. The van der Waals surface area contributed by atoms with Gasteiger partial charge in [-0.05, 0) is 18.5 Å². The summed E-state index contributed by atoms with van der Waals surface area (Å²) in [6, 6.07) is 10.4. The van der Waals surface area contributed by atoms with Crippen molar-refractivity contribution in [1.29, 1.82) is 0 Å². The predicted octanol–water partition coefficient (Wildman–Crippen LogP) is 5.52. The zero-order valence-electron chi connectivity index (χ0n) is 13.7. The molecule has 1 nitrogen and oxygen atoms in total. The molecule has 0 aliphatic carbocycles. The second kappa shape index (κ2) is 17.4. The van der Waals surface area contributed by atoms with Crippen molar-refractivity contribution in [1.82, 2.24) is 5.32 Å². The Morgan fingerprint density at radius 2 is 1.70 bits per heavy atom. The number of hydrogen-bond donors (Lipinski definition) is 1. The molecule has 1 aromatic carbocycles. The van der Waals surface area contributed by atoms with E-state index in [-0.39, 0.29) is 0 Å². The Morgan fingerprint density at radius 3 is 2.25 bits per heavy atom. The Morgan fingerprint density at radius 1 is 1.10 bits per heavy atom. The number of nitrogens with one attached hydrogen (secondary N) is 1. The van der Waals surface area contributed by atoms with Crippen LogP contribution in [0.4, 0.5) is 0 Å². The lowest BCUT2D eigenvalue weighted by atomic mass is 10.2. The Labute approximate surface area is 126 Å². The van der Waals surface area contributed by atoms with E-state index in [0.29, 0.717) is 0 Å². The van der Waals surface area contributed by atoms with Gasteiger partial charge in [0.05, 0.1) is 0 Å². The normalized spacial score (nSPS) is 9.00. The molecule has 0 aliphatic rings. The van der Waals surface area contributed by atoms with Crippen LogP contribution in [0.5, 0.6) is 0 Å². The summed E-state index contributed by atoms with van der Waals surface area (Å²) in [7, 11) is 0. The topological polar surface area (TPSA) is 12.0 Å². The molecular formula is C19H31N. The standard InChI is InChI=1S/C15H19N.2C2H6/c1-3-4-8-14(2)11-12-16-13-15-9-6-5-7-10-15;2*1-2/h3-10,16H,1-2,11-13H2;2*1-2H3/b8-4-;;. The average Bonchev–Trinajstić information content (AvgIpc) is 2.54. The lowest BCUT2D eigenvalue weighted by Gasteiger charge is -2.04. The molecule has 1 N–H and O–H groups in total. The third kappa shape index (κ3) is 12.8. The van der Waals surface area contributed by atoms with E-state index in [1.807, 2.05) is 45.9 Å². The largest absolute Gasteiger partial charge is 0.312 e. The van der Waals surface area contributed by atoms with Crippen LogP contribution in [0.1, 0.15) is 39.7 Å². The molecule has 0 amide bonds. The van der Waals surface area contributed by atoms with Crippen LogP contribution in [0.3, 0.4) is 0 Å². The monoisotopic (exact) mass is 273 g/mol. The van der Waals surface area contributed by atoms with Gasteiger partial charge in [0, 0.05) is 6.54 Å². The van der Waals surface area contributed by atoms with E-state index in [1.54, 1.807) is 6.08 Å². The third-order valence-electron chi connectivity index (χ3n) is 2.26. The molecule has 0 fully saturated rings. The van der Waals surface area contributed by atoms with Gasteiger partial charge in [0.15, 0.2) is 0 Å². The van der Waals surface area contributed by atoms with Crippen molar-refractivity contribution in [3.63, 3.8) is 0 Å². The minimum absolute atomic E-state index is 0.916. The van der Waals surface area contributed by atoms with Crippen LogP contribution in [0, 0.1) is 0 Å². The molecule has 1 aromatic rings. The van der Waals surface area contributed by atoms with Crippen molar-refractivity contribution in [2.75, 3.05) is 6.54 Å². The summed E-state index contributed by atoms with van der Waals surface area (Å²) in [5.74, 6) is 0. The molecule has 0 saturated heterocycles. The lowest BCUT2D eigenvalue weighted by Crippen LogP contribution is -2.14. The number of hydrogen-bond acceptors (Lipinski definition) is 1. The molecule has 1 rings (SSSR count). The highest BCUT2D eigenvalue weighted by atomic mass is 14.8. The fraction of sp³-hybridized carbons (Fsp3) is 0.368. The molecule has 0 heterocycles. The van der Waals surface area contributed by atoms with Crippen LogP contribution in [0.2, 0.25) is 0 Å². The Balaban J connectivity index is 0. The van der Waals surface area contributed by atoms with Crippen LogP contribution in [0.25, 0.3) is 0 Å². The van der Waals surface area contributed by atoms with Gasteiger partial charge in [0.1, 0.15) is 0 Å². The zero-order valence-corrected chi connectivity index (χ0v) is 13.7. The molecule has 20 heavy (non-hydrogen) atoms. The fourth-order valence-electron chi connectivity index (χ4n) is 1.36. The third-order valence-corrected chi connectivity index (χ3v) is 2.26. The van der Waals surface area contributed by atoms with Gasteiger partial charge in [-0.3, -0.25) is 0 Å². The minimum Gasteiger partial charge on any atom is -0.312 e. The Hall–Kier alpha value is -1.60. The maximum absolute atomic E-state index is 3.96. The van der Waals surface area contributed by atoms with Gasteiger partial charge >= 0.3 is 0 Å². The van der Waals surface area contributed by atoms with Crippen LogP contribution >= 0.6 is 0 Å². The van der Waals surface area contributed by atoms with E-state index in [2.05, 4.69) is 42.7 Å². The van der Waals surface area contributed by atoms with Crippen molar-refractivity contribution in [3.05, 3.63) is 72.9 Å². The average molecular weight is 273 g/mol. The van der Waals surface area contributed by atoms with Crippen LogP contribution in [-0.2, 0) is 6.54 Å². The molecule has 0 atom stereocenters. The molecule has 0 radical (unpaired) electrons. The van der Waals surface area contributed by atoms with Gasteiger partial charge in [-0.2, -0.15) is 0 Å². The molecule has 0 bridgehead atoms. The van der Waals surface area contributed by atoms with E-state index >= 15 is 0 Å². The first-order valence-electron chi connectivity index (χ1n) is 7.54. The predicted molar refractivity (Wildman–Crippen MR) is 93.9 cm³/mol. The highest BCUT2D eigenvalue weighted by molar-refractivity contribution is 5.18. The quantitative estimate of drug-likeness (QED) is 0.509. The molecule has 112 valence electrons. The highest BCUT2D eigenvalue weighted by Crippen LogP contribution is 2.00. The van der Waals surface area contributed by atoms with Crippen molar-refractivity contribution >= 4 is 0 Å². The molecule has 0 unspecified atom stereocenters. The second-order valence-electron chi connectivity index (χ2n) is 3.67. The number of rotatable bonds is 7. The Bertz CT molecular complexity index is 349. The first-order chi connectivity index (χ1) is 9.83. The van der Waals surface area contributed by atoms with E-state index in [9.17, 15) is 0 Å². The molecule has 0 saturated carbocycles. The van der Waals surface area contributed by atoms with E-state index in [4.69, 9.17) is 0 Å². The van der Waals surface area contributed by atoms with Crippen LogP contribution < -0.4 is 5.32 Å². The second-order valence-corrected chi connectivity index (χ2v) is 3.67. The molecule has 0 spiro atoms. The number of allylic oxidation sites excluding steroid dienone is 3. The van der Waals surface area contributed by atoms with Crippen LogP contribution in [-0.4, -0.2) is 6.54 Å². The maximum atomic E-state index is 3.96. The van der Waals surface area contributed by atoms with Crippen molar-refractivity contribution in [2.45, 2.75) is 40.7 Å². The van der Waals surface area contributed by atoms with Gasteiger partial charge in [0.2, 0.25) is 0 Å². The summed E-state index contributed by atoms with van der Waals surface area (Å²) < 4.78 is 0. The summed E-state index contributed by atoms with van der Waals surface area (Å²) in [5, 5.41) is 3.39. The van der Waals surface area contributed by atoms with Gasteiger partial charge in [-0.25, -0.2) is 0 Å². The first-order valence-corrected chi connectivity index (χ1v) is 7.54. The van der Waals surface area contributed by atoms with Gasteiger partial charge in [-0.15, -0.1) is 0 Å². The van der Waals surface area contributed by atoms with Gasteiger partial charge in [0.25, 0.3) is 0 Å². The number of benzene rings is 1. The fourth-order valence-corrected chi connectivity index (χ4v) is 1.36. The van der Waals surface area contributed by atoms with E-state index < -0.39 is 0 Å². The summed E-state index contributed by atoms with van der Waals surface area (Å²) in [6.45, 7) is 17.5. The van der Waals surface area contributed by atoms with E-state index in [0.717, 1.165) is 25.1 Å². The summed E-state index contributed by atoms with van der Waals surface area (Å²) >= 11 is 0. The van der Waals surface area contributed by atoms with E-state index in [1.165, 1.54) is 5.56 Å². The minimum atomic E-state index is 0.916. The SMILES string of the molecule is C=C/C=C\C(=C)CCNCc1ccccc1.CC.CC. The lowest BCUT2D eigenvalue weighted by molar-refractivity contribution is 0.689. The van der Waals surface area contributed by atoms with Crippen molar-refractivity contribution in [2.24, 2.45) is 0 Å². The molecular weight excluding hydrogens is 242 g/mol. The first kappa shape index (κ1) is 20.7. The van der Waals surface area contributed by atoms with Crippen molar-refractivity contribution in [3.8, 4) is 0 Å². The summed E-state index contributed by atoms with van der Waals surface area (Å²) in [4.78, 5) is 0. The summed E-state index contributed by atoms with van der Waals surface area (Å²) in [5.41, 5.74) is 2.44. The maximum Gasteiger partial charge on any atom is 0.0205 e. The molecule has 0 aliphatic heterocycles. The molecule has 0 aromatic heterocycles. The Kier molecular flexibility index (Phi) is 18.0.